The van der Waals surface area contributed by atoms with Gasteiger partial charge in [0.15, 0.2) is 0 Å². The molecule has 1 saturated heterocycles. The first-order valence-electron chi connectivity index (χ1n) is 10.3. The lowest BCUT2D eigenvalue weighted by atomic mass is 9.97. The van der Waals surface area contributed by atoms with Crippen molar-refractivity contribution in [2.75, 3.05) is 19.6 Å². The Morgan fingerprint density at radius 3 is 2.97 bits per heavy atom. The SMILES string of the molecule is O=C(NCCCc1ccc(Cl)cc1)C1CCCN(Cc2nc(-c3cccs3)no2)C1. The van der Waals surface area contributed by atoms with Gasteiger partial charge in [-0.1, -0.05) is 35.0 Å². The Labute approximate surface area is 185 Å². The number of carbonyl (C=O) groups excluding carboxylic acids is 1. The molecule has 1 aliphatic heterocycles. The number of rotatable bonds is 8. The fourth-order valence-corrected chi connectivity index (χ4v) is 4.50. The van der Waals surface area contributed by atoms with Gasteiger partial charge in [0.2, 0.25) is 17.6 Å². The highest BCUT2D eigenvalue weighted by Crippen LogP contribution is 2.23. The molecule has 1 N–H and O–H groups in total. The van der Waals surface area contributed by atoms with Gasteiger partial charge in [-0.3, -0.25) is 9.69 Å². The van der Waals surface area contributed by atoms with Crippen LogP contribution in [0.1, 0.15) is 30.7 Å². The van der Waals surface area contributed by atoms with Gasteiger partial charge in [-0.2, -0.15) is 4.98 Å². The Kier molecular flexibility index (Phi) is 7.15. The second-order valence-corrected chi connectivity index (χ2v) is 8.97. The van der Waals surface area contributed by atoms with E-state index < -0.39 is 0 Å². The number of thiophene rings is 1. The Morgan fingerprint density at radius 2 is 2.17 bits per heavy atom. The predicted octanol–water partition coefficient (Wildman–Crippen LogP) is 4.41. The van der Waals surface area contributed by atoms with Crippen LogP contribution in [-0.4, -0.2) is 40.6 Å². The van der Waals surface area contributed by atoms with Gasteiger partial charge in [0.05, 0.1) is 17.3 Å². The van der Waals surface area contributed by atoms with Crippen molar-refractivity contribution in [1.29, 1.82) is 0 Å². The van der Waals surface area contributed by atoms with E-state index >= 15 is 0 Å². The number of halogens is 1. The minimum Gasteiger partial charge on any atom is -0.356 e. The first kappa shape index (κ1) is 21.0. The van der Waals surface area contributed by atoms with Crippen molar-refractivity contribution in [3.05, 3.63) is 58.3 Å². The van der Waals surface area contributed by atoms with Crippen LogP contribution in [0.2, 0.25) is 5.02 Å². The minimum atomic E-state index is 0.00831. The lowest BCUT2D eigenvalue weighted by molar-refractivity contribution is -0.126. The number of aryl methyl sites for hydroxylation is 1. The van der Waals surface area contributed by atoms with E-state index in [1.165, 1.54) is 5.56 Å². The van der Waals surface area contributed by atoms with Crippen LogP contribution in [0.5, 0.6) is 0 Å². The molecule has 3 aromatic rings. The van der Waals surface area contributed by atoms with Crippen LogP contribution in [0.3, 0.4) is 0 Å². The summed E-state index contributed by atoms with van der Waals surface area (Å²) in [5, 5.41) is 9.91. The molecule has 1 unspecified atom stereocenters. The number of carbonyl (C=O) groups is 1. The average Bonchev–Trinajstić information content (AvgIpc) is 3.44. The third-order valence-corrected chi connectivity index (χ3v) is 6.42. The van der Waals surface area contributed by atoms with E-state index in [1.54, 1.807) is 11.3 Å². The van der Waals surface area contributed by atoms with Crippen LogP contribution in [0, 0.1) is 5.92 Å². The molecule has 0 saturated carbocycles. The lowest BCUT2D eigenvalue weighted by Crippen LogP contribution is -2.43. The molecule has 2 aromatic heterocycles. The van der Waals surface area contributed by atoms with E-state index in [9.17, 15) is 4.79 Å². The standard InChI is InChI=1S/C22H25ClN4O2S/c23-18-9-7-16(8-10-18)4-1-11-24-22(28)17-5-2-12-27(14-17)15-20-25-21(26-29-20)19-6-3-13-30-19/h3,6-10,13,17H,1-2,4-5,11-12,14-15H2,(H,24,28). The van der Waals surface area contributed by atoms with Gasteiger partial charge in [0.1, 0.15) is 0 Å². The molecule has 1 fully saturated rings. The molecule has 0 radical (unpaired) electrons. The van der Waals surface area contributed by atoms with Crippen LogP contribution in [0.4, 0.5) is 0 Å². The summed E-state index contributed by atoms with van der Waals surface area (Å²) in [7, 11) is 0. The summed E-state index contributed by atoms with van der Waals surface area (Å²) >= 11 is 7.50. The molecule has 1 amide bonds. The van der Waals surface area contributed by atoms with Gasteiger partial charge in [0, 0.05) is 18.1 Å². The molecule has 1 aliphatic rings. The van der Waals surface area contributed by atoms with E-state index in [-0.39, 0.29) is 11.8 Å². The predicted molar refractivity (Wildman–Crippen MR) is 118 cm³/mol. The Balaban J connectivity index is 1.21. The van der Waals surface area contributed by atoms with E-state index in [4.69, 9.17) is 16.1 Å². The highest BCUT2D eigenvalue weighted by Gasteiger charge is 2.26. The summed E-state index contributed by atoms with van der Waals surface area (Å²) in [6.07, 6.45) is 3.76. The second kappa shape index (κ2) is 10.2. The molecule has 0 bridgehead atoms. The third kappa shape index (κ3) is 5.68. The topological polar surface area (TPSA) is 71.3 Å². The van der Waals surface area contributed by atoms with Crippen molar-refractivity contribution in [2.24, 2.45) is 5.92 Å². The first-order chi connectivity index (χ1) is 14.7. The van der Waals surface area contributed by atoms with Gasteiger partial charge in [-0.05, 0) is 61.4 Å². The summed E-state index contributed by atoms with van der Waals surface area (Å²) in [5.41, 5.74) is 1.24. The van der Waals surface area contributed by atoms with Crippen molar-refractivity contribution in [2.45, 2.75) is 32.2 Å². The number of nitrogens with zero attached hydrogens (tertiary/aromatic N) is 3. The van der Waals surface area contributed by atoms with Crippen LogP contribution < -0.4 is 5.32 Å². The fourth-order valence-electron chi connectivity index (χ4n) is 3.73. The number of likely N-dealkylation sites (tertiary alicyclic amines) is 1. The Morgan fingerprint density at radius 1 is 1.30 bits per heavy atom. The first-order valence-corrected chi connectivity index (χ1v) is 11.5. The smallest absolute Gasteiger partial charge is 0.241 e. The van der Waals surface area contributed by atoms with Gasteiger partial charge in [-0.15, -0.1) is 11.3 Å². The molecule has 0 aliphatic carbocycles. The highest BCUT2D eigenvalue weighted by molar-refractivity contribution is 7.13. The molecular weight excluding hydrogens is 420 g/mol. The molecule has 1 atom stereocenters. The van der Waals surface area contributed by atoms with Crippen molar-refractivity contribution >= 4 is 28.8 Å². The maximum Gasteiger partial charge on any atom is 0.241 e. The van der Waals surface area contributed by atoms with Crippen molar-refractivity contribution in [3.8, 4) is 10.7 Å². The zero-order valence-corrected chi connectivity index (χ0v) is 18.3. The summed E-state index contributed by atoms with van der Waals surface area (Å²) in [5.74, 6) is 1.38. The molecule has 8 heteroatoms. The largest absolute Gasteiger partial charge is 0.356 e. The summed E-state index contributed by atoms with van der Waals surface area (Å²) in [4.78, 5) is 20.3. The van der Waals surface area contributed by atoms with Gasteiger partial charge >= 0.3 is 0 Å². The van der Waals surface area contributed by atoms with Crippen LogP contribution in [0.15, 0.2) is 46.3 Å². The van der Waals surface area contributed by atoms with E-state index in [0.29, 0.717) is 24.8 Å². The van der Waals surface area contributed by atoms with E-state index in [2.05, 4.69) is 20.4 Å². The molecular formula is C22H25ClN4O2S. The van der Waals surface area contributed by atoms with Gasteiger partial charge < -0.3 is 9.84 Å². The molecule has 1 aromatic carbocycles. The molecule has 0 spiro atoms. The van der Waals surface area contributed by atoms with Crippen LogP contribution >= 0.6 is 22.9 Å². The average molecular weight is 445 g/mol. The number of piperidine rings is 1. The maximum absolute atomic E-state index is 12.6. The van der Waals surface area contributed by atoms with Crippen LogP contribution in [-0.2, 0) is 17.8 Å². The number of benzene rings is 1. The third-order valence-electron chi connectivity index (χ3n) is 5.30. The second-order valence-electron chi connectivity index (χ2n) is 7.58. The summed E-state index contributed by atoms with van der Waals surface area (Å²) in [6.45, 7) is 2.93. The molecule has 3 heterocycles. The summed E-state index contributed by atoms with van der Waals surface area (Å²) in [6, 6.07) is 11.8. The quantitative estimate of drug-likeness (QED) is 0.521. The summed E-state index contributed by atoms with van der Waals surface area (Å²) < 4.78 is 5.41. The Hall–Kier alpha value is -2.22. The molecule has 158 valence electrons. The normalized spacial score (nSPS) is 17.2. The van der Waals surface area contributed by atoms with Gasteiger partial charge in [0.25, 0.3) is 0 Å². The minimum absolute atomic E-state index is 0.00831. The zero-order chi connectivity index (χ0) is 20.8. The van der Waals surface area contributed by atoms with Gasteiger partial charge in [-0.25, -0.2) is 0 Å². The maximum atomic E-state index is 12.6. The number of hydrogen-bond acceptors (Lipinski definition) is 6. The Bertz CT molecular complexity index is 942. The number of nitrogens with one attached hydrogen (secondary N) is 1. The lowest BCUT2D eigenvalue weighted by Gasteiger charge is -2.30. The monoisotopic (exact) mass is 444 g/mol. The highest BCUT2D eigenvalue weighted by atomic mass is 35.5. The number of aromatic nitrogens is 2. The zero-order valence-electron chi connectivity index (χ0n) is 16.7. The fraction of sp³-hybridized carbons (Fsp3) is 0.409. The molecule has 6 nitrogen and oxygen atoms in total. The van der Waals surface area contributed by atoms with E-state index in [0.717, 1.165) is 48.7 Å². The number of amides is 1. The molecule has 30 heavy (non-hydrogen) atoms. The van der Waals surface area contributed by atoms with Crippen molar-refractivity contribution < 1.29 is 9.32 Å². The van der Waals surface area contributed by atoms with Crippen molar-refractivity contribution in [1.82, 2.24) is 20.4 Å². The number of hydrogen-bond donors (Lipinski definition) is 1. The molecule has 4 rings (SSSR count). The van der Waals surface area contributed by atoms with E-state index in [1.807, 2.05) is 41.8 Å². The van der Waals surface area contributed by atoms with Crippen molar-refractivity contribution in [3.63, 3.8) is 0 Å². The van der Waals surface area contributed by atoms with Crippen LogP contribution in [0.25, 0.3) is 10.7 Å².